The normalized spacial score (nSPS) is 19.2. The second-order valence-electron chi connectivity index (χ2n) is 9.79. The van der Waals surface area contributed by atoms with Crippen molar-refractivity contribution in [2.75, 3.05) is 24.4 Å². The number of carbonyl (C=O) groups excluding carboxylic acids is 3. The first kappa shape index (κ1) is 29.3. The van der Waals surface area contributed by atoms with Crippen LogP contribution in [-0.2, 0) is 20.9 Å². The lowest BCUT2D eigenvalue weighted by molar-refractivity contribution is -0.122. The Morgan fingerprint density at radius 1 is 0.930 bits per heavy atom. The highest BCUT2D eigenvalue weighted by atomic mass is 35.5. The average Bonchev–Trinajstić information content (AvgIpc) is 3.45. The first-order valence-corrected chi connectivity index (χ1v) is 15.5. The highest BCUT2D eigenvalue weighted by Gasteiger charge is 2.57. The van der Waals surface area contributed by atoms with Crippen LogP contribution in [0, 0.1) is 5.92 Å². The van der Waals surface area contributed by atoms with E-state index in [-0.39, 0.29) is 22.3 Å². The molecule has 0 saturated carbocycles. The van der Waals surface area contributed by atoms with Crippen molar-refractivity contribution in [3.63, 3.8) is 0 Å². The van der Waals surface area contributed by atoms with Crippen molar-refractivity contribution < 1.29 is 23.9 Å². The SMILES string of the molecule is COc1ccc(N2C(=O)C3Sc4c(sc(=O)n4CC(=O)Nc4ccc(Cl)c(Cl)c4)[C@H](c4ccccc4OC)C3C2=O)cc1. The second-order valence-corrected chi connectivity index (χ2v) is 12.7. The Kier molecular flexibility index (Phi) is 7.99. The molecule has 2 aliphatic rings. The molecule has 6 rings (SSSR count). The van der Waals surface area contributed by atoms with E-state index in [1.54, 1.807) is 42.5 Å². The van der Waals surface area contributed by atoms with Crippen LogP contribution in [0.15, 0.2) is 76.6 Å². The van der Waals surface area contributed by atoms with Crippen molar-refractivity contribution in [1.82, 2.24) is 4.57 Å². The summed E-state index contributed by atoms with van der Waals surface area (Å²) < 4.78 is 12.2. The van der Waals surface area contributed by atoms with Crippen LogP contribution in [0.4, 0.5) is 11.4 Å². The van der Waals surface area contributed by atoms with Gasteiger partial charge in [-0.1, -0.05) is 64.5 Å². The zero-order valence-electron chi connectivity index (χ0n) is 22.7. The van der Waals surface area contributed by atoms with Gasteiger partial charge in [0.05, 0.1) is 40.9 Å². The maximum absolute atomic E-state index is 14.1. The molecular formula is C30H23Cl2N3O6S2. The number of hydrogen-bond acceptors (Lipinski definition) is 8. The molecule has 4 aromatic rings. The van der Waals surface area contributed by atoms with Gasteiger partial charge in [-0.25, -0.2) is 4.90 Å². The maximum atomic E-state index is 14.1. The first-order chi connectivity index (χ1) is 20.7. The molecule has 3 heterocycles. The lowest BCUT2D eigenvalue weighted by Gasteiger charge is -2.31. The third-order valence-electron chi connectivity index (χ3n) is 7.36. The summed E-state index contributed by atoms with van der Waals surface area (Å²) in [5.74, 6) is -1.59. The minimum atomic E-state index is -0.838. The molecule has 0 radical (unpaired) electrons. The van der Waals surface area contributed by atoms with Gasteiger partial charge < -0.3 is 14.8 Å². The molecule has 1 N–H and O–H groups in total. The standard InChI is InChI=1S/C30H23Cl2N3O6S2/c1-40-17-10-8-16(9-11-17)35-27(37)24-23(18-5-3-4-6-21(18)41-2)26-29(42-25(24)28(35)38)34(30(39)43-26)14-22(36)33-15-7-12-19(31)20(32)13-15/h3-13,23-25H,14H2,1-2H3,(H,33,36)/t23-,24?,25?/m1/s1. The van der Waals surface area contributed by atoms with Crippen molar-refractivity contribution in [3.8, 4) is 11.5 Å². The molecule has 2 unspecified atom stereocenters. The van der Waals surface area contributed by atoms with Gasteiger partial charge in [0.2, 0.25) is 17.7 Å². The average molecular weight is 657 g/mol. The molecule has 13 heteroatoms. The molecule has 0 bridgehead atoms. The number of thiazole rings is 1. The number of hydrogen-bond donors (Lipinski definition) is 1. The zero-order valence-corrected chi connectivity index (χ0v) is 25.9. The van der Waals surface area contributed by atoms with Crippen molar-refractivity contribution in [3.05, 3.63) is 96.9 Å². The molecule has 0 spiro atoms. The number of aromatic nitrogens is 1. The molecule has 3 aromatic carbocycles. The number of carbonyl (C=O) groups is 3. The van der Waals surface area contributed by atoms with Crippen LogP contribution in [0.2, 0.25) is 10.0 Å². The molecule has 0 aliphatic carbocycles. The third-order valence-corrected chi connectivity index (χ3v) is 10.7. The summed E-state index contributed by atoms with van der Waals surface area (Å²) >= 11 is 14.2. The first-order valence-electron chi connectivity index (χ1n) is 13.0. The van der Waals surface area contributed by atoms with E-state index in [4.69, 9.17) is 32.7 Å². The number of nitrogens with zero attached hydrogens (tertiary/aromatic N) is 2. The molecule has 220 valence electrons. The Balaban J connectivity index is 1.41. The molecule has 1 saturated heterocycles. The van der Waals surface area contributed by atoms with E-state index in [9.17, 15) is 19.2 Å². The number of benzene rings is 3. The second kappa shape index (κ2) is 11.7. The number of rotatable bonds is 7. The van der Waals surface area contributed by atoms with E-state index >= 15 is 0 Å². The summed E-state index contributed by atoms with van der Waals surface area (Å²) in [7, 11) is 3.06. The van der Waals surface area contributed by atoms with Gasteiger partial charge in [-0.05, 0) is 48.5 Å². The number of halogens is 2. The number of thioether (sulfide) groups is 1. The maximum Gasteiger partial charge on any atom is 0.308 e. The summed E-state index contributed by atoms with van der Waals surface area (Å²) in [6.07, 6.45) is 0. The van der Waals surface area contributed by atoms with E-state index in [1.807, 2.05) is 18.2 Å². The van der Waals surface area contributed by atoms with E-state index < -0.39 is 28.9 Å². The lowest BCUT2D eigenvalue weighted by Crippen LogP contribution is -2.33. The minimum Gasteiger partial charge on any atom is -0.497 e. The van der Waals surface area contributed by atoms with Crippen LogP contribution < -0.4 is 24.6 Å². The number of amides is 3. The van der Waals surface area contributed by atoms with Crippen molar-refractivity contribution in [1.29, 1.82) is 0 Å². The molecule has 43 heavy (non-hydrogen) atoms. The fraction of sp³-hybridized carbons (Fsp3) is 0.200. The van der Waals surface area contributed by atoms with Gasteiger partial charge in [0.25, 0.3) is 0 Å². The number of ether oxygens (including phenoxy) is 2. The summed E-state index contributed by atoms with van der Waals surface area (Å²) in [6, 6.07) is 18.6. The number of para-hydroxylation sites is 1. The largest absolute Gasteiger partial charge is 0.497 e. The zero-order chi connectivity index (χ0) is 30.4. The van der Waals surface area contributed by atoms with Gasteiger partial charge in [-0.3, -0.25) is 23.7 Å². The number of anilines is 2. The Hall–Kier alpha value is -3.77. The molecule has 9 nitrogen and oxygen atoms in total. The fourth-order valence-electron chi connectivity index (χ4n) is 5.42. The smallest absolute Gasteiger partial charge is 0.308 e. The van der Waals surface area contributed by atoms with Gasteiger partial charge >= 0.3 is 4.87 Å². The van der Waals surface area contributed by atoms with E-state index in [2.05, 4.69) is 5.32 Å². The van der Waals surface area contributed by atoms with E-state index in [1.165, 1.54) is 29.8 Å². The van der Waals surface area contributed by atoms with Crippen molar-refractivity contribution in [2.45, 2.75) is 22.7 Å². The third kappa shape index (κ3) is 5.20. The minimum absolute atomic E-state index is 0.275. The Bertz CT molecular complexity index is 1820. The van der Waals surface area contributed by atoms with Gasteiger partial charge in [-0.2, -0.15) is 0 Å². The van der Waals surface area contributed by atoms with E-state index in [0.29, 0.717) is 43.4 Å². The van der Waals surface area contributed by atoms with Crippen LogP contribution in [0.5, 0.6) is 11.5 Å². The van der Waals surface area contributed by atoms with Crippen molar-refractivity contribution >= 4 is 75.4 Å². The monoisotopic (exact) mass is 655 g/mol. The number of methoxy groups -OCH3 is 2. The van der Waals surface area contributed by atoms with Gasteiger partial charge in [0.15, 0.2) is 0 Å². The Morgan fingerprint density at radius 3 is 2.37 bits per heavy atom. The highest BCUT2D eigenvalue weighted by molar-refractivity contribution is 8.00. The van der Waals surface area contributed by atoms with Crippen LogP contribution >= 0.6 is 46.3 Å². The molecular weight excluding hydrogens is 633 g/mol. The summed E-state index contributed by atoms with van der Waals surface area (Å²) in [6.45, 7) is -0.307. The highest BCUT2D eigenvalue weighted by Crippen LogP contribution is 2.55. The molecule has 2 aliphatic heterocycles. The molecule has 1 fully saturated rings. The van der Waals surface area contributed by atoms with Gasteiger partial charge in [-0.15, -0.1) is 0 Å². The van der Waals surface area contributed by atoms with Crippen LogP contribution in [-0.4, -0.2) is 41.8 Å². The van der Waals surface area contributed by atoms with Gasteiger partial charge in [0.1, 0.15) is 23.3 Å². The quantitative estimate of drug-likeness (QED) is 0.256. The predicted molar refractivity (Wildman–Crippen MR) is 167 cm³/mol. The number of fused-ring (bicyclic) bond motifs is 2. The van der Waals surface area contributed by atoms with Crippen LogP contribution in [0.25, 0.3) is 0 Å². The topological polar surface area (TPSA) is 107 Å². The molecule has 1 aromatic heterocycles. The fourth-order valence-corrected chi connectivity index (χ4v) is 8.48. The summed E-state index contributed by atoms with van der Waals surface area (Å²) in [5, 5.41) is 2.98. The van der Waals surface area contributed by atoms with Gasteiger partial charge in [0, 0.05) is 22.0 Å². The predicted octanol–water partition coefficient (Wildman–Crippen LogP) is 5.67. The lowest BCUT2D eigenvalue weighted by atomic mass is 9.82. The molecule has 3 amide bonds. The summed E-state index contributed by atoms with van der Waals surface area (Å²) in [4.78, 5) is 55.9. The molecule has 3 atom stereocenters. The number of nitrogens with one attached hydrogen (secondary N) is 1. The van der Waals surface area contributed by atoms with Crippen LogP contribution in [0.3, 0.4) is 0 Å². The number of imide groups is 1. The summed E-state index contributed by atoms with van der Waals surface area (Å²) in [5.41, 5.74) is 1.52. The Morgan fingerprint density at radius 2 is 1.67 bits per heavy atom. The van der Waals surface area contributed by atoms with Crippen molar-refractivity contribution in [2.24, 2.45) is 5.92 Å². The Labute approximate surface area is 264 Å². The van der Waals surface area contributed by atoms with E-state index in [0.717, 1.165) is 23.1 Å². The van der Waals surface area contributed by atoms with Crippen LogP contribution in [0.1, 0.15) is 16.4 Å².